The van der Waals surface area contributed by atoms with E-state index in [1.165, 1.54) is 13.1 Å². The predicted molar refractivity (Wildman–Crippen MR) is 74.7 cm³/mol. The number of hydrogen-bond acceptors (Lipinski definition) is 5. The summed E-state index contributed by atoms with van der Waals surface area (Å²) < 4.78 is 0. The Balaban J connectivity index is 2.12. The number of nitrogens with two attached hydrogens (primary N) is 1. The summed E-state index contributed by atoms with van der Waals surface area (Å²) in [7, 11) is 0. The molecule has 1 unspecified atom stereocenters. The molecule has 1 aromatic rings. The van der Waals surface area contributed by atoms with Gasteiger partial charge in [-0.2, -0.15) is 0 Å². The average Bonchev–Trinajstić information content (AvgIpc) is 2.76. The summed E-state index contributed by atoms with van der Waals surface area (Å²) in [5, 5.41) is 3.28. The van der Waals surface area contributed by atoms with Crippen LogP contribution in [0.1, 0.15) is 19.2 Å². The molecule has 102 valence electrons. The largest absolute Gasteiger partial charge is 0.404 e. The first-order valence-corrected chi connectivity index (χ1v) is 6.41. The van der Waals surface area contributed by atoms with Gasteiger partial charge < -0.3 is 16.0 Å². The van der Waals surface area contributed by atoms with E-state index < -0.39 is 0 Å². The number of carbonyl (C=O) groups is 1. The summed E-state index contributed by atoms with van der Waals surface area (Å²) in [6.07, 6.45) is 3.86. The highest BCUT2D eigenvalue weighted by Crippen LogP contribution is 2.21. The molecule has 0 spiro atoms. The molecule has 1 aliphatic rings. The fraction of sp³-hybridized carbons (Fsp3) is 0.417. The number of nitrogens with zero attached hydrogens (tertiary/aromatic N) is 3. The lowest BCUT2D eigenvalue weighted by Gasteiger charge is -2.18. The van der Waals surface area contributed by atoms with Crippen molar-refractivity contribution >= 4 is 29.4 Å². The summed E-state index contributed by atoms with van der Waals surface area (Å²) >= 11 is 5.96. The van der Waals surface area contributed by atoms with Gasteiger partial charge in [-0.15, -0.1) is 0 Å². The SMILES string of the molecule is CC(=O)NC1CCN(c2cc(Cl)nc(/C=C\N)n2)C1. The van der Waals surface area contributed by atoms with E-state index >= 15 is 0 Å². The van der Waals surface area contributed by atoms with E-state index in [-0.39, 0.29) is 11.9 Å². The Morgan fingerprint density at radius 2 is 2.42 bits per heavy atom. The molecule has 1 atom stereocenters. The molecule has 1 aliphatic heterocycles. The highest BCUT2D eigenvalue weighted by Gasteiger charge is 2.24. The van der Waals surface area contributed by atoms with E-state index in [0.29, 0.717) is 11.0 Å². The first-order valence-electron chi connectivity index (χ1n) is 6.03. The maximum atomic E-state index is 11.0. The van der Waals surface area contributed by atoms with E-state index in [1.54, 1.807) is 12.1 Å². The van der Waals surface area contributed by atoms with Gasteiger partial charge in [0.05, 0.1) is 0 Å². The second-order valence-electron chi connectivity index (χ2n) is 4.40. The molecule has 0 bridgehead atoms. The molecule has 2 rings (SSSR count). The van der Waals surface area contributed by atoms with E-state index in [9.17, 15) is 4.79 Å². The van der Waals surface area contributed by atoms with Gasteiger partial charge in [0.1, 0.15) is 11.0 Å². The Hall–Kier alpha value is -1.82. The number of rotatable bonds is 3. The number of amides is 1. The lowest BCUT2D eigenvalue weighted by molar-refractivity contribution is -0.119. The molecule has 2 heterocycles. The summed E-state index contributed by atoms with van der Waals surface area (Å²) in [6.45, 7) is 3.07. The zero-order valence-corrected chi connectivity index (χ0v) is 11.4. The van der Waals surface area contributed by atoms with Crippen LogP contribution in [0.25, 0.3) is 6.08 Å². The third-order valence-corrected chi connectivity index (χ3v) is 3.06. The summed E-state index contributed by atoms with van der Waals surface area (Å²) in [5.74, 6) is 1.22. The van der Waals surface area contributed by atoms with Gasteiger partial charge in [0.2, 0.25) is 5.91 Å². The van der Waals surface area contributed by atoms with Crippen LogP contribution in [0, 0.1) is 0 Å². The average molecular weight is 282 g/mol. The van der Waals surface area contributed by atoms with Gasteiger partial charge in [0, 0.05) is 32.1 Å². The maximum Gasteiger partial charge on any atom is 0.217 e. The van der Waals surface area contributed by atoms with Crippen molar-refractivity contribution in [2.24, 2.45) is 5.73 Å². The van der Waals surface area contributed by atoms with Crippen molar-refractivity contribution in [3.8, 4) is 0 Å². The van der Waals surface area contributed by atoms with Crippen LogP contribution in [-0.4, -0.2) is 35.0 Å². The first-order chi connectivity index (χ1) is 9.08. The number of anilines is 1. The van der Waals surface area contributed by atoms with Crippen molar-refractivity contribution in [2.45, 2.75) is 19.4 Å². The highest BCUT2D eigenvalue weighted by atomic mass is 35.5. The van der Waals surface area contributed by atoms with Gasteiger partial charge in [0.15, 0.2) is 5.82 Å². The van der Waals surface area contributed by atoms with Crippen molar-refractivity contribution < 1.29 is 4.79 Å². The fourth-order valence-corrected chi connectivity index (χ4v) is 2.30. The molecule has 7 heteroatoms. The zero-order chi connectivity index (χ0) is 13.8. The minimum atomic E-state index is -0.0145. The molecule has 1 amide bonds. The standard InChI is InChI=1S/C12H16ClN5O/c1-8(19)15-9-3-5-18(7-9)12-6-10(13)16-11(17-12)2-4-14/h2,4,6,9H,3,5,7,14H2,1H3,(H,15,19)/b4-2-. The number of aromatic nitrogens is 2. The van der Waals surface area contributed by atoms with Crippen LogP contribution < -0.4 is 16.0 Å². The van der Waals surface area contributed by atoms with Gasteiger partial charge in [-0.3, -0.25) is 4.79 Å². The summed E-state index contributed by atoms with van der Waals surface area (Å²) in [4.78, 5) is 21.5. The van der Waals surface area contributed by atoms with E-state index in [4.69, 9.17) is 17.3 Å². The van der Waals surface area contributed by atoms with Crippen LogP contribution in [0.3, 0.4) is 0 Å². The third-order valence-electron chi connectivity index (χ3n) is 2.86. The quantitative estimate of drug-likeness (QED) is 0.800. The molecule has 0 saturated carbocycles. The molecule has 0 aromatic carbocycles. The minimum Gasteiger partial charge on any atom is -0.404 e. The molecular weight excluding hydrogens is 266 g/mol. The number of halogens is 1. The Kier molecular flexibility index (Phi) is 4.21. The topological polar surface area (TPSA) is 84.1 Å². The Morgan fingerprint density at radius 3 is 3.11 bits per heavy atom. The first kappa shape index (κ1) is 13.6. The molecule has 19 heavy (non-hydrogen) atoms. The lowest BCUT2D eigenvalue weighted by atomic mass is 10.3. The summed E-state index contributed by atoms with van der Waals surface area (Å²) in [6, 6.07) is 1.87. The zero-order valence-electron chi connectivity index (χ0n) is 10.6. The van der Waals surface area contributed by atoms with Crippen LogP contribution >= 0.6 is 11.6 Å². The maximum absolute atomic E-state index is 11.0. The van der Waals surface area contributed by atoms with Crippen LogP contribution in [0.15, 0.2) is 12.3 Å². The van der Waals surface area contributed by atoms with E-state index in [0.717, 1.165) is 25.3 Å². The molecular formula is C12H16ClN5O. The number of nitrogens with one attached hydrogen (secondary N) is 1. The van der Waals surface area contributed by atoms with Crippen molar-refractivity contribution in [3.05, 3.63) is 23.2 Å². The minimum absolute atomic E-state index is 0.0145. The number of hydrogen-bond donors (Lipinski definition) is 2. The van der Waals surface area contributed by atoms with Crippen LogP contribution in [0.2, 0.25) is 5.15 Å². The fourth-order valence-electron chi connectivity index (χ4n) is 2.12. The predicted octanol–water partition coefficient (Wildman–Crippen LogP) is 0.774. The van der Waals surface area contributed by atoms with Crippen molar-refractivity contribution in [3.63, 3.8) is 0 Å². The third kappa shape index (κ3) is 3.57. The van der Waals surface area contributed by atoms with Gasteiger partial charge in [0.25, 0.3) is 0 Å². The highest BCUT2D eigenvalue weighted by molar-refractivity contribution is 6.29. The molecule has 1 aromatic heterocycles. The normalized spacial score (nSPS) is 19.1. The van der Waals surface area contributed by atoms with E-state index in [1.807, 2.05) is 0 Å². The molecule has 3 N–H and O–H groups in total. The molecule has 0 aliphatic carbocycles. The van der Waals surface area contributed by atoms with Crippen molar-refractivity contribution in [1.29, 1.82) is 0 Å². The van der Waals surface area contributed by atoms with Crippen molar-refractivity contribution in [1.82, 2.24) is 15.3 Å². The second-order valence-corrected chi connectivity index (χ2v) is 4.79. The van der Waals surface area contributed by atoms with Crippen LogP contribution in [0.4, 0.5) is 5.82 Å². The van der Waals surface area contributed by atoms with Crippen LogP contribution in [-0.2, 0) is 4.79 Å². The molecule has 0 radical (unpaired) electrons. The second kappa shape index (κ2) is 5.88. The lowest BCUT2D eigenvalue weighted by Crippen LogP contribution is -2.35. The molecule has 1 fully saturated rings. The Labute approximate surface area is 116 Å². The Bertz CT molecular complexity index is 505. The van der Waals surface area contributed by atoms with Crippen LogP contribution in [0.5, 0.6) is 0 Å². The van der Waals surface area contributed by atoms with Gasteiger partial charge in [-0.25, -0.2) is 9.97 Å². The molecule has 6 nitrogen and oxygen atoms in total. The molecule has 1 saturated heterocycles. The van der Waals surface area contributed by atoms with E-state index in [2.05, 4.69) is 20.2 Å². The number of carbonyl (C=O) groups excluding carboxylic acids is 1. The Morgan fingerprint density at radius 1 is 1.63 bits per heavy atom. The van der Waals surface area contributed by atoms with Gasteiger partial charge in [-0.05, 0) is 18.7 Å². The monoisotopic (exact) mass is 281 g/mol. The van der Waals surface area contributed by atoms with Gasteiger partial charge in [-0.1, -0.05) is 11.6 Å². The van der Waals surface area contributed by atoms with Crippen molar-refractivity contribution in [2.75, 3.05) is 18.0 Å². The van der Waals surface area contributed by atoms with Gasteiger partial charge >= 0.3 is 0 Å². The smallest absolute Gasteiger partial charge is 0.217 e. The summed E-state index contributed by atoms with van der Waals surface area (Å²) in [5.41, 5.74) is 5.33.